The van der Waals surface area contributed by atoms with E-state index in [0.717, 1.165) is 20.9 Å². The average Bonchev–Trinajstić information content (AvgIpc) is 2.61. The highest BCUT2D eigenvalue weighted by molar-refractivity contribution is 7.80. The second-order valence-corrected chi connectivity index (χ2v) is 5.27. The smallest absolute Gasteiger partial charge is 0.308 e. The first-order valence-corrected chi connectivity index (χ1v) is 6.49. The molecule has 0 saturated carbocycles. The number of hydrogen-bond acceptors (Lipinski definition) is 3. The van der Waals surface area contributed by atoms with Crippen LogP contribution in [0.2, 0.25) is 0 Å². The van der Waals surface area contributed by atoms with Crippen LogP contribution in [-0.2, 0) is 11.2 Å². The number of carboxylic acids is 1. The Hall–Kier alpha value is -1.26. The molecule has 0 aliphatic heterocycles. The topological polar surface area (TPSA) is 37.3 Å². The molecule has 0 amide bonds. The minimum Gasteiger partial charge on any atom is -0.481 e. The summed E-state index contributed by atoms with van der Waals surface area (Å²) in [5.41, 5.74) is 3.29. The summed E-state index contributed by atoms with van der Waals surface area (Å²) in [5.74, 6) is -0.822. The fourth-order valence-electron chi connectivity index (χ4n) is 1.59. The number of aliphatic carboxylic acids is 1. The van der Waals surface area contributed by atoms with Gasteiger partial charge in [0.2, 0.25) is 0 Å². The number of hydrogen-bond donors (Lipinski definition) is 2. The van der Waals surface area contributed by atoms with Crippen LogP contribution in [0.5, 0.6) is 0 Å². The lowest BCUT2D eigenvalue weighted by Crippen LogP contribution is -1.98. The van der Waals surface area contributed by atoms with Crippen LogP contribution in [-0.4, -0.2) is 11.1 Å². The van der Waals surface area contributed by atoms with E-state index in [1.54, 1.807) is 0 Å². The van der Waals surface area contributed by atoms with E-state index in [-0.39, 0.29) is 6.42 Å². The SMILES string of the molecule is Cc1ccc(-c2csc(CC(=O)O)c2S)cc1. The fraction of sp³-hybridized carbons (Fsp3) is 0.154. The van der Waals surface area contributed by atoms with Crippen LogP contribution in [0.15, 0.2) is 34.5 Å². The van der Waals surface area contributed by atoms with Gasteiger partial charge in [0, 0.05) is 15.3 Å². The molecule has 0 bridgehead atoms. The fourth-order valence-corrected chi connectivity index (χ4v) is 3.05. The van der Waals surface area contributed by atoms with Crippen LogP contribution in [0.1, 0.15) is 10.4 Å². The van der Waals surface area contributed by atoms with Gasteiger partial charge in [0.05, 0.1) is 6.42 Å². The number of carboxylic acid groups (broad SMARTS) is 1. The first kappa shape index (κ1) is 12.2. The van der Waals surface area contributed by atoms with Crippen molar-refractivity contribution in [1.82, 2.24) is 0 Å². The lowest BCUT2D eigenvalue weighted by molar-refractivity contribution is -0.136. The molecule has 0 aliphatic rings. The number of benzene rings is 1. The molecule has 0 fully saturated rings. The molecular formula is C13H12O2S2. The number of thiophene rings is 1. The van der Waals surface area contributed by atoms with Crippen LogP contribution in [0, 0.1) is 6.92 Å². The predicted octanol–water partition coefficient (Wildman–Crippen LogP) is 3.64. The first-order chi connectivity index (χ1) is 8.08. The van der Waals surface area contributed by atoms with Crippen LogP contribution in [0.25, 0.3) is 11.1 Å². The molecule has 0 spiro atoms. The molecule has 0 saturated heterocycles. The first-order valence-electron chi connectivity index (χ1n) is 5.16. The Labute approximate surface area is 109 Å². The highest BCUT2D eigenvalue weighted by atomic mass is 32.1. The van der Waals surface area contributed by atoms with Crippen molar-refractivity contribution >= 4 is 29.9 Å². The van der Waals surface area contributed by atoms with E-state index < -0.39 is 5.97 Å². The quantitative estimate of drug-likeness (QED) is 0.830. The summed E-state index contributed by atoms with van der Waals surface area (Å²) in [7, 11) is 0. The third-order valence-corrected chi connectivity index (χ3v) is 4.16. The zero-order chi connectivity index (χ0) is 12.4. The highest BCUT2D eigenvalue weighted by Gasteiger charge is 2.12. The van der Waals surface area contributed by atoms with E-state index in [9.17, 15) is 4.79 Å². The summed E-state index contributed by atoms with van der Waals surface area (Å²) < 4.78 is 0. The van der Waals surface area contributed by atoms with E-state index in [0.29, 0.717) is 0 Å². The zero-order valence-electron chi connectivity index (χ0n) is 9.30. The van der Waals surface area contributed by atoms with Gasteiger partial charge in [-0.2, -0.15) is 0 Å². The minimum atomic E-state index is -0.822. The van der Waals surface area contributed by atoms with Crippen molar-refractivity contribution in [2.24, 2.45) is 0 Å². The number of rotatable bonds is 3. The van der Waals surface area contributed by atoms with E-state index in [1.807, 2.05) is 36.6 Å². The lowest BCUT2D eigenvalue weighted by atomic mass is 10.1. The minimum absolute atomic E-state index is 0.0371. The maximum Gasteiger partial charge on any atom is 0.308 e. The Bertz CT molecular complexity index is 541. The van der Waals surface area contributed by atoms with Crippen molar-refractivity contribution in [2.75, 3.05) is 0 Å². The molecule has 0 unspecified atom stereocenters. The molecule has 17 heavy (non-hydrogen) atoms. The van der Waals surface area contributed by atoms with Gasteiger partial charge in [0.1, 0.15) is 0 Å². The maximum absolute atomic E-state index is 10.7. The van der Waals surface area contributed by atoms with Crippen molar-refractivity contribution in [1.29, 1.82) is 0 Å². The molecule has 2 rings (SSSR count). The number of thiol groups is 1. The summed E-state index contributed by atoms with van der Waals surface area (Å²) >= 11 is 5.87. The van der Waals surface area contributed by atoms with Gasteiger partial charge < -0.3 is 5.11 Å². The third kappa shape index (κ3) is 2.70. The molecule has 88 valence electrons. The molecular weight excluding hydrogens is 252 g/mol. The summed E-state index contributed by atoms with van der Waals surface area (Å²) in [6.45, 7) is 2.04. The van der Waals surface area contributed by atoms with Crippen LogP contribution in [0.4, 0.5) is 0 Å². The molecule has 0 atom stereocenters. The van der Waals surface area contributed by atoms with Gasteiger partial charge in [0.15, 0.2) is 0 Å². The van der Waals surface area contributed by atoms with Crippen LogP contribution < -0.4 is 0 Å². The molecule has 2 nitrogen and oxygen atoms in total. The van der Waals surface area contributed by atoms with Gasteiger partial charge in [-0.05, 0) is 17.9 Å². The number of carbonyl (C=O) groups is 1. The Morgan fingerprint density at radius 3 is 2.59 bits per heavy atom. The van der Waals surface area contributed by atoms with Crippen LogP contribution in [0.3, 0.4) is 0 Å². The van der Waals surface area contributed by atoms with Crippen molar-refractivity contribution in [2.45, 2.75) is 18.2 Å². The van der Waals surface area contributed by atoms with Crippen molar-refractivity contribution in [3.63, 3.8) is 0 Å². The molecule has 1 aromatic heterocycles. The zero-order valence-corrected chi connectivity index (χ0v) is 11.0. The molecule has 1 N–H and O–H groups in total. The summed E-state index contributed by atoms with van der Waals surface area (Å²) in [6, 6.07) is 8.14. The average molecular weight is 264 g/mol. The molecule has 1 aromatic carbocycles. The van der Waals surface area contributed by atoms with Gasteiger partial charge in [-0.25, -0.2) is 0 Å². The second-order valence-electron chi connectivity index (χ2n) is 3.86. The normalized spacial score (nSPS) is 10.5. The Morgan fingerprint density at radius 2 is 2.00 bits per heavy atom. The molecule has 0 radical (unpaired) electrons. The summed E-state index contributed by atoms with van der Waals surface area (Å²) in [4.78, 5) is 12.3. The molecule has 0 aliphatic carbocycles. The van der Waals surface area contributed by atoms with Crippen molar-refractivity contribution in [3.05, 3.63) is 40.1 Å². The van der Waals surface area contributed by atoms with Crippen LogP contribution >= 0.6 is 24.0 Å². The van der Waals surface area contributed by atoms with Gasteiger partial charge in [0.25, 0.3) is 0 Å². The summed E-state index contributed by atoms with van der Waals surface area (Å²) in [6.07, 6.45) is 0.0371. The third-order valence-electron chi connectivity index (χ3n) is 2.51. The Morgan fingerprint density at radius 1 is 1.35 bits per heavy atom. The van der Waals surface area contributed by atoms with Crippen molar-refractivity contribution < 1.29 is 9.90 Å². The maximum atomic E-state index is 10.7. The van der Waals surface area contributed by atoms with E-state index in [1.165, 1.54) is 16.9 Å². The Balaban J connectivity index is 2.37. The van der Waals surface area contributed by atoms with Gasteiger partial charge in [-0.1, -0.05) is 29.8 Å². The monoisotopic (exact) mass is 264 g/mol. The van der Waals surface area contributed by atoms with E-state index in [2.05, 4.69) is 12.6 Å². The highest BCUT2D eigenvalue weighted by Crippen LogP contribution is 2.34. The van der Waals surface area contributed by atoms with Crippen molar-refractivity contribution in [3.8, 4) is 11.1 Å². The lowest BCUT2D eigenvalue weighted by Gasteiger charge is -2.01. The molecule has 1 heterocycles. The van der Waals surface area contributed by atoms with Gasteiger partial charge in [-0.3, -0.25) is 4.79 Å². The Kier molecular flexibility index (Phi) is 3.54. The molecule has 4 heteroatoms. The van der Waals surface area contributed by atoms with Gasteiger partial charge >= 0.3 is 5.97 Å². The standard InChI is InChI=1S/C13H12O2S2/c1-8-2-4-9(5-3-8)10-7-17-11(13(10)16)6-12(14)15/h2-5,7,16H,6H2,1H3,(H,14,15). The number of aryl methyl sites for hydroxylation is 1. The largest absolute Gasteiger partial charge is 0.481 e. The van der Waals surface area contributed by atoms with Gasteiger partial charge in [-0.15, -0.1) is 24.0 Å². The van der Waals surface area contributed by atoms with E-state index >= 15 is 0 Å². The second kappa shape index (κ2) is 4.94. The molecule has 2 aromatic rings. The summed E-state index contributed by atoms with van der Waals surface area (Å²) in [5, 5.41) is 10.7. The predicted molar refractivity (Wildman–Crippen MR) is 73.1 cm³/mol. The van der Waals surface area contributed by atoms with E-state index in [4.69, 9.17) is 5.11 Å².